The van der Waals surface area contributed by atoms with E-state index in [2.05, 4.69) is 4.98 Å². The minimum atomic E-state index is -2.51. The molecular weight excluding hydrogens is 164 g/mol. The van der Waals surface area contributed by atoms with Crippen LogP contribution in [0.2, 0.25) is 0 Å². The lowest BCUT2D eigenvalue weighted by molar-refractivity contribution is 0.146. The molecule has 0 amide bonds. The highest BCUT2D eigenvalue weighted by Crippen LogP contribution is 2.29. The summed E-state index contributed by atoms with van der Waals surface area (Å²) < 4.78 is 29.4. The number of alkyl halides is 2. The van der Waals surface area contributed by atoms with Crippen LogP contribution in [0.1, 0.15) is 17.7 Å². The first-order valence-corrected chi connectivity index (χ1v) is 3.44. The molecule has 0 aliphatic heterocycles. The molecule has 0 fully saturated rings. The first-order valence-electron chi connectivity index (χ1n) is 3.44. The number of pyridine rings is 1. The standard InChI is InChI=1S/C8H9F2NO/c1-5-7(12-2)6(8(9)10)3-4-11-5/h3-4,8H,1-2H3. The van der Waals surface area contributed by atoms with Gasteiger partial charge in [-0.05, 0) is 13.0 Å². The quantitative estimate of drug-likeness (QED) is 0.684. The molecule has 0 unspecified atom stereocenters. The van der Waals surface area contributed by atoms with Crippen LogP contribution in [0.25, 0.3) is 0 Å². The fourth-order valence-corrected chi connectivity index (χ4v) is 1.01. The van der Waals surface area contributed by atoms with E-state index in [0.29, 0.717) is 5.69 Å². The minimum absolute atomic E-state index is 0.106. The van der Waals surface area contributed by atoms with E-state index >= 15 is 0 Å². The Balaban J connectivity index is 3.18. The lowest BCUT2D eigenvalue weighted by Crippen LogP contribution is -1.96. The second kappa shape index (κ2) is 3.47. The number of halogens is 2. The van der Waals surface area contributed by atoms with Gasteiger partial charge in [0.15, 0.2) is 0 Å². The molecule has 1 rings (SSSR count). The largest absolute Gasteiger partial charge is 0.494 e. The van der Waals surface area contributed by atoms with E-state index in [1.54, 1.807) is 6.92 Å². The summed E-state index contributed by atoms with van der Waals surface area (Å²) in [5.74, 6) is 0.174. The van der Waals surface area contributed by atoms with E-state index in [1.165, 1.54) is 19.4 Å². The SMILES string of the molecule is COc1c(C(F)F)ccnc1C. The molecule has 66 valence electrons. The van der Waals surface area contributed by atoms with E-state index in [1.807, 2.05) is 0 Å². The van der Waals surface area contributed by atoms with Crippen molar-refractivity contribution in [3.05, 3.63) is 23.5 Å². The van der Waals surface area contributed by atoms with Gasteiger partial charge in [-0.2, -0.15) is 0 Å². The molecule has 0 aromatic carbocycles. The van der Waals surface area contributed by atoms with Crippen molar-refractivity contribution in [2.75, 3.05) is 7.11 Å². The first-order chi connectivity index (χ1) is 5.66. The van der Waals surface area contributed by atoms with E-state index in [9.17, 15) is 8.78 Å². The third-order valence-corrected chi connectivity index (χ3v) is 1.55. The Labute approximate surface area is 69.2 Å². The van der Waals surface area contributed by atoms with E-state index in [4.69, 9.17) is 4.74 Å². The Morgan fingerprint density at radius 2 is 2.17 bits per heavy atom. The Morgan fingerprint density at radius 3 is 2.58 bits per heavy atom. The molecule has 1 aromatic heterocycles. The van der Waals surface area contributed by atoms with Gasteiger partial charge >= 0.3 is 0 Å². The number of aromatic nitrogens is 1. The average Bonchev–Trinajstić information content (AvgIpc) is 2.03. The van der Waals surface area contributed by atoms with Crippen LogP contribution in [0.5, 0.6) is 5.75 Å². The van der Waals surface area contributed by atoms with Gasteiger partial charge in [0.05, 0.1) is 18.4 Å². The number of hydrogen-bond donors (Lipinski definition) is 0. The number of aryl methyl sites for hydroxylation is 1. The zero-order valence-corrected chi connectivity index (χ0v) is 6.84. The van der Waals surface area contributed by atoms with Gasteiger partial charge in [-0.1, -0.05) is 0 Å². The maximum Gasteiger partial charge on any atom is 0.267 e. The maximum absolute atomic E-state index is 12.3. The molecular formula is C8H9F2NO. The highest BCUT2D eigenvalue weighted by molar-refractivity contribution is 5.36. The Morgan fingerprint density at radius 1 is 1.50 bits per heavy atom. The van der Waals surface area contributed by atoms with Crippen molar-refractivity contribution in [1.29, 1.82) is 0 Å². The van der Waals surface area contributed by atoms with Gasteiger partial charge in [-0.15, -0.1) is 0 Å². The normalized spacial score (nSPS) is 10.4. The van der Waals surface area contributed by atoms with Crippen LogP contribution in [0.15, 0.2) is 12.3 Å². The molecule has 0 bridgehead atoms. The summed E-state index contributed by atoms with van der Waals surface area (Å²) in [6, 6.07) is 1.26. The van der Waals surface area contributed by atoms with Gasteiger partial charge in [0.2, 0.25) is 0 Å². The van der Waals surface area contributed by atoms with Crippen LogP contribution in [0.4, 0.5) is 8.78 Å². The van der Waals surface area contributed by atoms with Crippen molar-refractivity contribution in [2.24, 2.45) is 0 Å². The highest BCUT2D eigenvalue weighted by atomic mass is 19.3. The van der Waals surface area contributed by atoms with E-state index < -0.39 is 6.43 Å². The molecule has 0 N–H and O–H groups in total. The van der Waals surface area contributed by atoms with Crippen molar-refractivity contribution in [2.45, 2.75) is 13.3 Å². The summed E-state index contributed by atoms with van der Waals surface area (Å²) in [5, 5.41) is 0. The molecule has 0 aliphatic carbocycles. The van der Waals surface area contributed by atoms with Crippen LogP contribution in [-0.4, -0.2) is 12.1 Å². The smallest absolute Gasteiger partial charge is 0.267 e. The lowest BCUT2D eigenvalue weighted by Gasteiger charge is -2.08. The van der Waals surface area contributed by atoms with Gasteiger partial charge < -0.3 is 4.74 Å². The number of methoxy groups -OCH3 is 1. The Kier molecular flexibility index (Phi) is 2.58. The molecule has 0 saturated heterocycles. The van der Waals surface area contributed by atoms with Gasteiger partial charge in [0, 0.05) is 6.20 Å². The lowest BCUT2D eigenvalue weighted by atomic mass is 10.2. The van der Waals surface area contributed by atoms with Gasteiger partial charge in [-0.3, -0.25) is 4.98 Å². The molecule has 4 heteroatoms. The summed E-state index contributed by atoms with van der Waals surface area (Å²) in [6.45, 7) is 1.63. The topological polar surface area (TPSA) is 22.1 Å². The molecule has 12 heavy (non-hydrogen) atoms. The monoisotopic (exact) mass is 173 g/mol. The summed E-state index contributed by atoms with van der Waals surface area (Å²) >= 11 is 0. The molecule has 2 nitrogen and oxygen atoms in total. The molecule has 0 atom stereocenters. The van der Waals surface area contributed by atoms with Crippen molar-refractivity contribution in [3.8, 4) is 5.75 Å². The maximum atomic E-state index is 12.3. The molecule has 1 heterocycles. The van der Waals surface area contributed by atoms with Crippen molar-refractivity contribution >= 4 is 0 Å². The number of ether oxygens (including phenoxy) is 1. The number of rotatable bonds is 2. The molecule has 1 aromatic rings. The Hall–Kier alpha value is -1.19. The fourth-order valence-electron chi connectivity index (χ4n) is 1.01. The average molecular weight is 173 g/mol. The van der Waals surface area contributed by atoms with Crippen LogP contribution in [0, 0.1) is 6.92 Å². The van der Waals surface area contributed by atoms with Crippen molar-refractivity contribution in [1.82, 2.24) is 4.98 Å². The predicted molar refractivity (Wildman–Crippen MR) is 40.5 cm³/mol. The van der Waals surface area contributed by atoms with Crippen LogP contribution < -0.4 is 4.74 Å². The minimum Gasteiger partial charge on any atom is -0.494 e. The van der Waals surface area contributed by atoms with Crippen LogP contribution in [-0.2, 0) is 0 Å². The van der Waals surface area contributed by atoms with Crippen molar-refractivity contribution < 1.29 is 13.5 Å². The second-order valence-electron chi connectivity index (χ2n) is 2.32. The molecule has 0 radical (unpaired) electrons. The zero-order chi connectivity index (χ0) is 9.14. The van der Waals surface area contributed by atoms with Gasteiger partial charge in [0.1, 0.15) is 5.75 Å². The van der Waals surface area contributed by atoms with Gasteiger partial charge in [0.25, 0.3) is 6.43 Å². The number of nitrogens with zero attached hydrogens (tertiary/aromatic N) is 1. The van der Waals surface area contributed by atoms with Crippen molar-refractivity contribution in [3.63, 3.8) is 0 Å². The summed E-state index contributed by atoms with van der Waals surface area (Å²) in [6.07, 6.45) is -1.17. The van der Waals surface area contributed by atoms with Crippen LogP contribution >= 0.6 is 0 Å². The fraction of sp³-hybridized carbons (Fsp3) is 0.375. The third-order valence-electron chi connectivity index (χ3n) is 1.55. The highest BCUT2D eigenvalue weighted by Gasteiger charge is 2.15. The summed E-state index contributed by atoms with van der Waals surface area (Å²) in [4.78, 5) is 3.83. The summed E-state index contributed by atoms with van der Waals surface area (Å²) in [7, 11) is 1.36. The van der Waals surface area contributed by atoms with E-state index in [0.717, 1.165) is 0 Å². The summed E-state index contributed by atoms with van der Waals surface area (Å²) in [5.41, 5.74) is 0.375. The molecule has 0 saturated carbocycles. The van der Waals surface area contributed by atoms with E-state index in [-0.39, 0.29) is 11.3 Å². The zero-order valence-electron chi connectivity index (χ0n) is 6.84. The first kappa shape index (κ1) is 8.90. The molecule has 0 aliphatic rings. The Bertz CT molecular complexity index is 276. The van der Waals surface area contributed by atoms with Crippen LogP contribution in [0.3, 0.4) is 0 Å². The number of hydrogen-bond acceptors (Lipinski definition) is 2. The predicted octanol–water partition coefficient (Wildman–Crippen LogP) is 2.34. The third kappa shape index (κ3) is 1.52. The molecule has 0 spiro atoms. The second-order valence-corrected chi connectivity index (χ2v) is 2.32. The van der Waals surface area contributed by atoms with Gasteiger partial charge in [-0.25, -0.2) is 8.78 Å².